The third-order valence-electron chi connectivity index (χ3n) is 6.80. The molecule has 0 spiro atoms. The van der Waals surface area contributed by atoms with E-state index in [9.17, 15) is 5.11 Å². The summed E-state index contributed by atoms with van der Waals surface area (Å²) >= 11 is 0. The van der Waals surface area contributed by atoms with Crippen LogP contribution in [-0.2, 0) is 9.47 Å². The van der Waals surface area contributed by atoms with Crippen LogP contribution in [0, 0.1) is 0 Å². The highest BCUT2D eigenvalue weighted by Crippen LogP contribution is 2.38. The molecule has 3 aromatic heterocycles. The number of pyridine rings is 1. The van der Waals surface area contributed by atoms with Gasteiger partial charge in [0, 0.05) is 43.1 Å². The van der Waals surface area contributed by atoms with Crippen molar-refractivity contribution < 1.29 is 14.6 Å². The first-order valence-electron chi connectivity index (χ1n) is 12.2. The van der Waals surface area contributed by atoms with Crippen LogP contribution < -0.4 is 10.6 Å². The Labute approximate surface area is 199 Å². The van der Waals surface area contributed by atoms with E-state index in [1.165, 1.54) is 0 Å². The molecule has 2 atom stereocenters. The second-order valence-corrected chi connectivity index (χ2v) is 9.50. The fourth-order valence-corrected chi connectivity index (χ4v) is 5.02. The summed E-state index contributed by atoms with van der Waals surface area (Å²) in [5.74, 6) is 1.77. The number of aliphatic hydroxyl groups excluding tert-OH is 1. The van der Waals surface area contributed by atoms with Crippen LogP contribution in [0.1, 0.15) is 50.6 Å². The van der Waals surface area contributed by atoms with Gasteiger partial charge in [0.15, 0.2) is 0 Å². The SMILES string of the molecule is COC[C@H](C)Nc1ncc2c(-c3ccnc(N[C@H]4CCOC4)c3)cc([C@H]3CC[C@H](O)CC3)n2n1. The van der Waals surface area contributed by atoms with Crippen LogP contribution in [0.25, 0.3) is 16.6 Å². The zero-order valence-electron chi connectivity index (χ0n) is 19.9. The number of anilines is 2. The van der Waals surface area contributed by atoms with Gasteiger partial charge in [0.25, 0.3) is 0 Å². The van der Waals surface area contributed by atoms with Crippen molar-refractivity contribution in [2.24, 2.45) is 0 Å². The predicted molar refractivity (Wildman–Crippen MR) is 131 cm³/mol. The molecule has 2 fully saturated rings. The van der Waals surface area contributed by atoms with Gasteiger partial charge < -0.3 is 25.2 Å². The van der Waals surface area contributed by atoms with Crippen molar-refractivity contribution in [2.45, 2.75) is 63.1 Å². The van der Waals surface area contributed by atoms with Gasteiger partial charge in [0.2, 0.25) is 5.95 Å². The Morgan fingerprint density at radius 2 is 2.06 bits per heavy atom. The van der Waals surface area contributed by atoms with Crippen LogP contribution in [0.5, 0.6) is 0 Å². The van der Waals surface area contributed by atoms with Crippen molar-refractivity contribution in [3.63, 3.8) is 0 Å². The second kappa shape index (κ2) is 10.2. The number of hydrogen-bond donors (Lipinski definition) is 3. The molecule has 2 aliphatic rings. The molecule has 3 aromatic rings. The third-order valence-corrected chi connectivity index (χ3v) is 6.80. The standard InChI is InChI=1S/C25H34N6O3/c1-16(14-33-2)28-25-27-13-23-21(12-22(31(23)30-25)17-3-5-20(32)6-4-17)18-7-9-26-24(11-18)29-19-8-10-34-15-19/h7,9,11-13,16-17,19-20,32H,3-6,8,10,14-15H2,1-2H3,(H,26,29)(H,28,30)/t16-,17-,19-,20-/m0/s1. The summed E-state index contributed by atoms with van der Waals surface area (Å²) in [6, 6.07) is 6.76. The smallest absolute Gasteiger partial charge is 0.241 e. The van der Waals surface area contributed by atoms with Gasteiger partial charge in [0.05, 0.1) is 37.1 Å². The molecule has 0 amide bonds. The molecule has 0 unspecified atom stereocenters. The summed E-state index contributed by atoms with van der Waals surface area (Å²) in [6.45, 7) is 4.12. The molecule has 0 aromatic carbocycles. The van der Waals surface area contributed by atoms with Crippen LogP contribution in [0.3, 0.4) is 0 Å². The number of nitrogens with one attached hydrogen (secondary N) is 2. The van der Waals surface area contributed by atoms with Gasteiger partial charge in [0.1, 0.15) is 5.82 Å². The zero-order valence-corrected chi connectivity index (χ0v) is 19.9. The van der Waals surface area contributed by atoms with Gasteiger partial charge in [-0.15, -0.1) is 5.10 Å². The normalized spacial score (nSPS) is 23.8. The number of fused-ring (bicyclic) bond motifs is 1. The first kappa shape index (κ1) is 23.0. The van der Waals surface area contributed by atoms with Crippen molar-refractivity contribution in [3.05, 3.63) is 36.3 Å². The van der Waals surface area contributed by atoms with Crippen molar-refractivity contribution in [1.29, 1.82) is 0 Å². The average Bonchev–Trinajstić information content (AvgIpc) is 3.48. The minimum atomic E-state index is -0.197. The first-order valence-corrected chi connectivity index (χ1v) is 12.2. The van der Waals surface area contributed by atoms with E-state index in [4.69, 9.17) is 14.6 Å². The monoisotopic (exact) mass is 466 g/mol. The summed E-state index contributed by atoms with van der Waals surface area (Å²) < 4.78 is 12.8. The minimum absolute atomic E-state index is 0.0964. The highest BCUT2D eigenvalue weighted by molar-refractivity contribution is 5.82. The Morgan fingerprint density at radius 3 is 2.82 bits per heavy atom. The number of methoxy groups -OCH3 is 1. The van der Waals surface area contributed by atoms with E-state index in [0.29, 0.717) is 31.1 Å². The maximum atomic E-state index is 10.0. The lowest BCUT2D eigenvalue weighted by Gasteiger charge is -2.25. The Morgan fingerprint density at radius 1 is 1.21 bits per heavy atom. The topological polar surface area (TPSA) is 106 Å². The van der Waals surface area contributed by atoms with E-state index >= 15 is 0 Å². The van der Waals surface area contributed by atoms with Gasteiger partial charge in [-0.1, -0.05) is 0 Å². The van der Waals surface area contributed by atoms with E-state index in [1.807, 2.05) is 29.9 Å². The Balaban J connectivity index is 1.51. The summed E-state index contributed by atoms with van der Waals surface area (Å²) in [7, 11) is 1.69. The average molecular weight is 467 g/mol. The number of aliphatic hydroxyl groups is 1. The maximum absolute atomic E-state index is 10.0. The summed E-state index contributed by atoms with van der Waals surface area (Å²) in [5, 5.41) is 21.7. The Kier molecular flexibility index (Phi) is 6.94. The van der Waals surface area contributed by atoms with Crippen LogP contribution in [0.4, 0.5) is 11.8 Å². The first-order chi connectivity index (χ1) is 16.6. The molecule has 1 saturated heterocycles. The molecule has 1 saturated carbocycles. The van der Waals surface area contributed by atoms with Gasteiger partial charge in [-0.3, -0.25) is 0 Å². The molecule has 34 heavy (non-hydrogen) atoms. The third kappa shape index (κ3) is 5.01. The van der Waals surface area contributed by atoms with Crippen LogP contribution in [0.15, 0.2) is 30.6 Å². The highest BCUT2D eigenvalue weighted by atomic mass is 16.5. The molecule has 1 aliphatic heterocycles. The Hall–Kier alpha value is -2.75. The summed E-state index contributed by atoms with van der Waals surface area (Å²) in [5.41, 5.74) is 4.29. The zero-order chi connectivity index (χ0) is 23.5. The summed E-state index contributed by atoms with van der Waals surface area (Å²) in [4.78, 5) is 9.13. The number of nitrogens with zero attached hydrogens (tertiary/aromatic N) is 4. The Bertz CT molecular complexity index is 1110. The largest absolute Gasteiger partial charge is 0.393 e. The molecule has 0 radical (unpaired) electrons. The summed E-state index contributed by atoms with van der Waals surface area (Å²) in [6.07, 6.45) is 8.07. The van der Waals surface area contributed by atoms with E-state index in [-0.39, 0.29) is 12.1 Å². The second-order valence-electron chi connectivity index (χ2n) is 9.50. The number of ether oxygens (including phenoxy) is 2. The van der Waals surface area contributed by atoms with E-state index in [1.54, 1.807) is 7.11 Å². The number of rotatable bonds is 8. The number of hydrogen-bond acceptors (Lipinski definition) is 8. The van der Waals surface area contributed by atoms with Crippen LogP contribution >= 0.6 is 0 Å². The van der Waals surface area contributed by atoms with Gasteiger partial charge in [-0.05, 0) is 62.8 Å². The lowest BCUT2D eigenvalue weighted by molar-refractivity contribution is 0.121. The van der Waals surface area contributed by atoms with E-state index < -0.39 is 0 Å². The lowest BCUT2D eigenvalue weighted by atomic mass is 9.85. The lowest BCUT2D eigenvalue weighted by Crippen LogP contribution is -2.23. The molecule has 5 rings (SSSR count). The molecule has 1 aliphatic carbocycles. The minimum Gasteiger partial charge on any atom is -0.393 e. The maximum Gasteiger partial charge on any atom is 0.241 e. The van der Waals surface area contributed by atoms with E-state index in [0.717, 1.165) is 66.9 Å². The fraction of sp³-hybridized carbons (Fsp3) is 0.560. The molecule has 3 N–H and O–H groups in total. The highest BCUT2D eigenvalue weighted by Gasteiger charge is 2.26. The van der Waals surface area contributed by atoms with Gasteiger partial charge in [-0.2, -0.15) is 0 Å². The molecule has 182 valence electrons. The van der Waals surface area contributed by atoms with E-state index in [2.05, 4.69) is 32.7 Å². The van der Waals surface area contributed by atoms with Crippen LogP contribution in [0.2, 0.25) is 0 Å². The predicted octanol–water partition coefficient (Wildman–Crippen LogP) is 3.46. The molecule has 4 heterocycles. The van der Waals surface area contributed by atoms with Crippen LogP contribution in [-0.4, -0.2) is 69.8 Å². The molecule has 0 bridgehead atoms. The van der Waals surface area contributed by atoms with Crippen molar-refractivity contribution in [3.8, 4) is 11.1 Å². The molecular formula is C25H34N6O3. The van der Waals surface area contributed by atoms with Crippen molar-refractivity contribution >= 4 is 17.3 Å². The molecular weight excluding hydrogens is 432 g/mol. The van der Waals surface area contributed by atoms with Crippen molar-refractivity contribution in [1.82, 2.24) is 19.6 Å². The van der Waals surface area contributed by atoms with Crippen molar-refractivity contribution in [2.75, 3.05) is 37.6 Å². The molecule has 9 heteroatoms. The number of aromatic nitrogens is 4. The van der Waals surface area contributed by atoms with Gasteiger partial charge in [-0.25, -0.2) is 14.5 Å². The van der Waals surface area contributed by atoms with Gasteiger partial charge >= 0.3 is 0 Å². The quantitative estimate of drug-likeness (QED) is 0.464. The molecule has 9 nitrogen and oxygen atoms in total. The fourth-order valence-electron chi connectivity index (χ4n) is 5.02.